The van der Waals surface area contributed by atoms with Gasteiger partial charge in [-0.25, -0.2) is 10.8 Å². The Bertz CT molecular complexity index is 329. The highest BCUT2D eigenvalue weighted by Crippen LogP contribution is 2.20. The number of rotatable bonds is 6. The molecule has 0 spiro atoms. The molecule has 0 bridgehead atoms. The third kappa shape index (κ3) is 4.00. The van der Waals surface area contributed by atoms with Crippen LogP contribution in [0.3, 0.4) is 0 Å². The zero-order valence-corrected chi connectivity index (χ0v) is 9.70. The van der Waals surface area contributed by atoms with Crippen molar-refractivity contribution in [3.63, 3.8) is 0 Å². The van der Waals surface area contributed by atoms with Gasteiger partial charge in [-0.05, 0) is 17.9 Å². The minimum atomic E-state index is 0.0238. The highest BCUT2D eigenvalue weighted by molar-refractivity contribution is 5.38. The first-order chi connectivity index (χ1) is 7.57. The van der Waals surface area contributed by atoms with Crippen molar-refractivity contribution in [3.05, 3.63) is 12.3 Å². The maximum atomic E-state index is 8.90. The molecule has 90 valence electrons. The molecule has 1 heterocycles. The number of nitrogen functional groups attached to an aromatic ring is 1. The van der Waals surface area contributed by atoms with Crippen LogP contribution in [0.4, 0.5) is 11.8 Å². The molecule has 0 radical (unpaired) electrons. The Balaban J connectivity index is 2.53. The first-order valence-corrected chi connectivity index (χ1v) is 5.22. The number of nitrogens with two attached hydrogens (primary N) is 1. The summed E-state index contributed by atoms with van der Waals surface area (Å²) < 4.78 is 0. The van der Waals surface area contributed by atoms with Crippen LogP contribution >= 0.6 is 0 Å². The van der Waals surface area contributed by atoms with Crippen LogP contribution in [-0.2, 0) is 0 Å². The van der Waals surface area contributed by atoms with Gasteiger partial charge in [-0.15, -0.1) is 0 Å². The lowest BCUT2D eigenvalue weighted by atomic mass is 9.90. The van der Waals surface area contributed by atoms with Crippen molar-refractivity contribution in [3.8, 4) is 0 Å². The summed E-state index contributed by atoms with van der Waals surface area (Å²) in [5.41, 5.74) is 2.41. The Morgan fingerprint density at radius 1 is 1.50 bits per heavy atom. The molecular weight excluding hydrogens is 206 g/mol. The molecule has 1 rings (SSSR count). The third-order valence-corrected chi connectivity index (χ3v) is 2.32. The van der Waals surface area contributed by atoms with Crippen LogP contribution in [0.1, 0.15) is 20.3 Å². The normalized spacial score (nSPS) is 11.2. The van der Waals surface area contributed by atoms with Gasteiger partial charge in [0, 0.05) is 19.3 Å². The summed E-state index contributed by atoms with van der Waals surface area (Å²) >= 11 is 0. The van der Waals surface area contributed by atoms with Gasteiger partial charge in [0.2, 0.25) is 5.95 Å². The number of hydrazine groups is 1. The van der Waals surface area contributed by atoms with Crippen molar-refractivity contribution in [2.24, 2.45) is 11.3 Å². The maximum absolute atomic E-state index is 8.90. The predicted octanol–water partition coefficient (Wildman–Crippen LogP) is 0.583. The number of aromatic nitrogens is 2. The van der Waals surface area contributed by atoms with Gasteiger partial charge in [-0.3, -0.25) is 5.43 Å². The average molecular weight is 225 g/mol. The van der Waals surface area contributed by atoms with Crippen molar-refractivity contribution in [1.29, 1.82) is 0 Å². The monoisotopic (exact) mass is 225 g/mol. The van der Waals surface area contributed by atoms with E-state index in [1.54, 1.807) is 12.3 Å². The number of aliphatic hydroxyl groups is 1. The van der Waals surface area contributed by atoms with Gasteiger partial charge in [-0.2, -0.15) is 4.98 Å². The van der Waals surface area contributed by atoms with E-state index in [-0.39, 0.29) is 12.0 Å². The van der Waals surface area contributed by atoms with E-state index in [0.717, 1.165) is 13.0 Å². The van der Waals surface area contributed by atoms with Crippen molar-refractivity contribution in [2.45, 2.75) is 20.3 Å². The second kappa shape index (κ2) is 5.62. The first kappa shape index (κ1) is 12.7. The SMILES string of the molecule is CC(C)(CCO)CNc1ccnc(NN)n1. The van der Waals surface area contributed by atoms with Crippen LogP contribution in [0, 0.1) is 5.41 Å². The van der Waals surface area contributed by atoms with Gasteiger partial charge in [0.1, 0.15) is 5.82 Å². The van der Waals surface area contributed by atoms with E-state index in [2.05, 4.69) is 34.6 Å². The Labute approximate surface area is 95.3 Å². The van der Waals surface area contributed by atoms with E-state index in [4.69, 9.17) is 10.9 Å². The van der Waals surface area contributed by atoms with Gasteiger partial charge in [0.25, 0.3) is 0 Å². The lowest BCUT2D eigenvalue weighted by molar-refractivity contribution is 0.220. The number of hydrogen-bond acceptors (Lipinski definition) is 6. The molecule has 5 N–H and O–H groups in total. The molecule has 16 heavy (non-hydrogen) atoms. The van der Waals surface area contributed by atoms with Crippen molar-refractivity contribution < 1.29 is 5.11 Å². The Morgan fingerprint density at radius 3 is 2.88 bits per heavy atom. The summed E-state index contributed by atoms with van der Waals surface area (Å²) in [5.74, 6) is 6.31. The highest BCUT2D eigenvalue weighted by atomic mass is 16.3. The molecule has 0 amide bonds. The Morgan fingerprint density at radius 2 is 2.25 bits per heavy atom. The summed E-state index contributed by atoms with van der Waals surface area (Å²) in [6, 6.07) is 1.77. The van der Waals surface area contributed by atoms with E-state index in [1.807, 2.05) is 0 Å². The molecular formula is C10H19N5O. The van der Waals surface area contributed by atoms with Gasteiger partial charge < -0.3 is 10.4 Å². The van der Waals surface area contributed by atoms with E-state index in [0.29, 0.717) is 11.8 Å². The van der Waals surface area contributed by atoms with Crippen LogP contribution in [0.25, 0.3) is 0 Å². The van der Waals surface area contributed by atoms with Crippen LogP contribution in [0.15, 0.2) is 12.3 Å². The molecule has 0 saturated heterocycles. The van der Waals surface area contributed by atoms with E-state index in [9.17, 15) is 0 Å². The van der Waals surface area contributed by atoms with Crippen molar-refractivity contribution in [2.75, 3.05) is 23.9 Å². The number of aliphatic hydroxyl groups excluding tert-OH is 1. The van der Waals surface area contributed by atoms with E-state index < -0.39 is 0 Å². The fourth-order valence-corrected chi connectivity index (χ4v) is 1.25. The summed E-state index contributed by atoms with van der Waals surface area (Å²) in [4.78, 5) is 8.05. The summed E-state index contributed by atoms with van der Waals surface area (Å²) in [5, 5.41) is 12.1. The van der Waals surface area contributed by atoms with Crippen LogP contribution in [0.5, 0.6) is 0 Å². The Kier molecular flexibility index (Phi) is 4.45. The lowest BCUT2D eigenvalue weighted by Gasteiger charge is -2.24. The molecule has 0 saturated carbocycles. The summed E-state index contributed by atoms with van der Waals surface area (Å²) in [6.45, 7) is 5.08. The van der Waals surface area contributed by atoms with Gasteiger partial charge in [0.05, 0.1) is 0 Å². The predicted molar refractivity (Wildman–Crippen MR) is 63.8 cm³/mol. The smallest absolute Gasteiger partial charge is 0.239 e. The fourth-order valence-electron chi connectivity index (χ4n) is 1.25. The van der Waals surface area contributed by atoms with E-state index in [1.165, 1.54) is 0 Å². The average Bonchev–Trinajstić information content (AvgIpc) is 2.27. The van der Waals surface area contributed by atoms with Crippen LogP contribution < -0.4 is 16.6 Å². The topological polar surface area (TPSA) is 96.1 Å². The molecule has 0 fully saturated rings. The number of anilines is 2. The molecule has 6 nitrogen and oxygen atoms in total. The number of nitrogens with zero attached hydrogens (tertiary/aromatic N) is 2. The Hall–Kier alpha value is -1.40. The quantitative estimate of drug-likeness (QED) is 0.418. The molecule has 0 aliphatic heterocycles. The molecule has 6 heteroatoms. The second-order valence-corrected chi connectivity index (χ2v) is 4.40. The highest BCUT2D eigenvalue weighted by Gasteiger charge is 2.16. The standard InChI is InChI=1S/C10H19N5O/c1-10(2,4-6-16)7-13-8-3-5-12-9(14-8)15-11/h3,5,16H,4,6-7,11H2,1-2H3,(H2,12,13,14,15). The third-order valence-electron chi connectivity index (χ3n) is 2.32. The molecule has 0 unspecified atom stereocenters. The van der Waals surface area contributed by atoms with Gasteiger partial charge in [-0.1, -0.05) is 13.8 Å². The van der Waals surface area contributed by atoms with Crippen LogP contribution in [0.2, 0.25) is 0 Å². The van der Waals surface area contributed by atoms with Crippen molar-refractivity contribution >= 4 is 11.8 Å². The van der Waals surface area contributed by atoms with Gasteiger partial charge in [0.15, 0.2) is 0 Å². The molecule has 0 aliphatic carbocycles. The molecule has 1 aromatic rings. The molecule has 1 aromatic heterocycles. The maximum Gasteiger partial charge on any atom is 0.239 e. The molecule has 0 aliphatic rings. The first-order valence-electron chi connectivity index (χ1n) is 5.22. The minimum absolute atomic E-state index is 0.0238. The lowest BCUT2D eigenvalue weighted by Crippen LogP contribution is -2.24. The second-order valence-electron chi connectivity index (χ2n) is 4.40. The molecule has 0 aromatic carbocycles. The summed E-state index contributed by atoms with van der Waals surface area (Å²) in [6.07, 6.45) is 2.37. The van der Waals surface area contributed by atoms with E-state index >= 15 is 0 Å². The van der Waals surface area contributed by atoms with Crippen LogP contribution in [-0.4, -0.2) is 28.2 Å². The zero-order valence-electron chi connectivity index (χ0n) is 9.70. The largest absolute Gasteiger partial charge is 0.396 e. The number of nitrogens with one attached hydrogen (secondary N) is 2. The minimum Gasteiger partial charge on any atom is -0.396 e. The zero-order chi connectivity index (χ0) is 12.0. The van der Waals surface area contributed by atoms with Crippen molar-refractivity contribution in [1.82, 2.24) is 9.97 Å². The van der Waals surface area contributed by atoms with Gasteiger partial charge >= 0.3 is 0 Å². The molecule has 0 atom stereocenters. The number of hydrogen-bond donors (Lipinski definition) is 4. The fraction of sp³-hybridized carbons (Fsp3) is 0.600. The summed E-state index contributed by atoms with van der Waals surface area (Å²) in [7, 11) is 0.